The maximum Gasteiger partial charge on any atom is 0.407 e. The summed E-state index contributed by atoms with van der Waals surface area (Å²) in [5.74, 6) is 0. The second kappa shape index (κ2) is 4.84. The molecule has 1 N–H and O–H groups in total. The molecule has 1 saturated heterocycles. The molecule has 0 bridgehead atoms. The zero-order valence-corrected chi connectivity index (χ0v) is 10.2. The molecule has 4 nitrogen and oxygen atoms in total. The van der Waals surface area contributed by atoms with Crippen molar-refractivity contribution in [3.63, 3.8) is 0 Å². The van der Waals surface area contributed by atoms with Crippen molar-refractivity contribution in [2.24, 2.45) is 0 Å². The average Bonchev–Trinajstić information content (AvgIpc) is 2.29. The maximum atomic E-state index is 11.1. The highest BCUT2D eigenvalue weighted by atomic mass is 79.9. The number of hydrogen-bond acceptors (Lipinski definition) is 2. The van der Waals surface area contributed by atoms with E-state index in [0.29, 0.717) is 19.8 Å². The van der Waals surface area contributed by atoms with E-state index in [1.165, 1.54) is 4.90 Å². The molecule has 86 valence electrons. The SMILES string of the molecule is O=C(O)N1CCOC[C@H]1c1ccccc1Br. The van der Waals surface area contributed by atoms with Gasteiger partial charge in [0.2, 0.25) is 0 Å². The highest BCUT2D eigenvalue weighted by Gasteiger charge is 2.29. The number of carbonyl (C=O) groups is 1. The van der Waals surface area contributed by atoms with Crippen LogP contribution in [0, 0.1) is 0 Å². The number of ether oxygens (including phenoxy) is 1. The van der Waals surface area contributed by atoms with Crippen molar-refractivity contribution in [1.82, 2.24) is 4.90 Å². The van der Waals surface area contributed by atoms with Crippen LogP contribution >= 0.6 is 15.9 Å². The van der Waals surface area contributed by atoms with Crippen molar-refractivity contribution in [3.8, 4) is 0 Å². The number of hydrogen-bond donors (Lipinski definition) is 1. The highest BCUT2D eigenvalue weighted by Crippen LogP contribution is 2.29. The summed E-state index contributed by atoms with van der Waals surface area (Å²) >= 11 is 3.43. The van der Waals surface area contributed by atoms with Crippen molar-refractivity contribution >= 4 is 22.0 Å². The van der Waals surface area contributed by atoms with E-state index in [2.05, 4.69) is 15.9 Å². The first-order valence-corrected chi connectivity index (χ1v) is 5.81. The number of nitrogens with zero attached hydrogens (tertiary/aromatic N) is 1. The second-order valence-electron chi connectivity index (χ2n) is 3.59. The van der Waals surface area contributed by atoms with Crippen molar-refractivity contribution in [2.45, 2.75) is 6.04 Å². The molecule has 0 radical (unpaired) electrons. The van der Waals surface area contributed by atoms with E-state index >= 15 is 0 Å². The molecule has 0 unspecified atom stereocenters. The first-order valence-electron chi connectivity index (χ1n) is 5.02. The maximum absolute atomic E-state index is 11.1. The Labute approximate surface area is 102 Å². The van der Waals surface area contributed by atoms with E-state index in [1.54, 1.807) is 0 Å². The fraction of sp³-hybridized carbons (Fsp3) is 0.364. The van der Waals surface area contributed by atoms with Gasteiger partial charge in [0, 0.05) is 11.0 Å². The summed E-state index contributed by atoms with van der Waals surface area (Å²) in [7, 11) is 0. The van der Waals surface area contributed by atoms with E-state index in [1.807, 2.05) is 24.3 Å². The number of halogens is 1. The van der Waals surface area contributed by atoms with Gasteiger partial charge in [-0.05, 0) is 11.6 Å². The molecule has 1 aromatic carbocycles. The number of carboxylic acid groups (broad SMARTS) is 1. The molecular weight excluding hydrogens is 274 g/mol. The third kappa shape index (κ3) is 2.20. The molecule has 1 aliphatic rings. The lowest BCUT2D eigenvalue weighted by Gasteiger charge is -2.34. The van der Waals surface area contributed by atoms with Crippen LogP contribution in [-0.2, 0) is 4.74 Å². The van der Waals surface area contributed by atoms with Gasteiger partial charge in [-0.2, -0.15) is 0 Å². The lowest BCUT2D eigenvalue weighted by atomic mass is 10.1. The van der Waals surface area contributed by atoms with Crippen molar-refractivity contribution in [2.75, 3.05) is 19.8 Å². The monoisotopic (exact) mass is 285 g/mol. The largest absolute Gasteiger partial charge is 0.465 e. The van der Waals surface area contributed by atoms with Crippen molar-refractivity contribution in [1.29, 1.82) is 0 Å². The van der Waals surface area contributed by atoms with Crippen molar-refractivity contribution in [3.05, 3.63) is 34.3 Å². The topological polar surface area (TPSA) is 49.8 Å². The Morgan fingerprint density at radius 1 is 1.50 bits per heavy atom. The quantitative estimate of drug-likeness (QED) is 0.863. The van der Waals surface area contributed by atoms with Crippen LogP contribution in [0.5, 0.6) is 0 Å². The molecule has 1 fully saturated rings. The van der Waals surface area contributed by atoms with Crippen LogP contribution in [0.25, 0.3) is 0 Å². The zero-order valence-electron chi connectivity index (χ0n) is 8.60. The second-order valence-corrected chi connectivity index (χ2v) is 4.44. The van der Waals surface area contributed by atoms with E-state index in [-0.39, 0.29) is 6.04 Å². The number of rotatable bonds is 1. The van der Waals surface area contributed by atoms with E-state index in [0.717, 1.165) is 10.0 Å². The summed E-state index contributed by atoms with van der Waals surface area (Å²) in [6.45, 7) is 1.30. The molecule has 5 heteroatoms. The minimum absolute atomic E-state index is 0.221. The molecule has 1 atom stereocenters. The normalized spacial score (nSPS) is 20.8. The Bertz CT molecular complexity index is 397. The Morgan fingerprint density at radius 2 is 2.25 bits per heavy atom. The number of amides is 1. The van der Waals surface area contributed by atoms with E-state index < -0.39 is 6.09 Å². The molecule has 0 spiro atoms. The van der Waals surface area contributed by atoms with Crippen LogP contribution in [-0.4, -0.2) is 35.9 Å². The molecule has 1 amide bonds. The fourth-order valence-electron chi connectivity index (χ4n) is 1.84. The Balaban J connectivity index is 2.30. The van der Waals surface area contributed by atoms with Crippen LogP contribution in [0.1, 0.15) is 11.6 Å². The molecule has 0 aliphatic carbocycles. The van der Waals surface area contributed by atoms with Gasteiger partial charge in [-0.25, -0.2) is 4.79 Å². The summed E-state index contributed by atoms with van der Waals surface area (Å²) in [6.07, 6.45) is -0.899. The predicted molar refractivity (Wildman–Crippen MR) is 62.4 cm³/mol. The Hall–Kier alpha value is -1.07. The molecule has 1 aromatic rings. The molecule has 2 rings (SSSR count). The Kier molecular flexibility index (Phi) is 3.46. The lowest BCUT2D eigenvalue weighted by Crippen LogP contribution is -2.42. The van der Waals surface area contributed by atoms with Gasteiger partial charge in [-0.1, -0.05) is 34.1 Å². The van der Waals surface area contributed by atoms with Gasteiger partial charge < -0.3 is 9.84 Å². The predicted octanol–water partition coefficient (Wildman–Crippen LogP) is 2.50. The fourth-order valence-corrected chi connectivity index (χ4v) is 2.38. The van der Waals surface area contributed by atoms with Crippen LogP contribution in [0.3, 0.4) is 0 Å². The number of morpholine rings is 1. The summed E-state index contributed by atoms with van der Waals surface area (Å²) in [4.78, 5) is 12.5. The minimum Gasteiger partial charge on any atom is -0.465 e. The minimum atomic E-state index is -0.899. The first-order chi connectivity index (χ1) is 7.70. The Morgan fingerprint density at radius 3 is 2.94 bits per heavy atom. The summed E-state index contributed by atoms with van der Waals surface area (Å²) < 4.78 is 6.26. The van der Waals surface area contributed by atoms with Gasteiger partial charge in [0.05, 0.1) is 19.3 Å². The van der Waals surface area contributed by atoms with Crippen molar-refractivity contribution < 1.29 is 14.6 Å². The summed E-state index contributed by atoms with van der Waals surface area (Å²) in [6, 6.07) is 7.40. The zero-order chi connectivity index (χ0) is 11.5. The van der Waals surface area contributed by atoms with E-state index in [9.17, 15) is 4.79 Å². The van der Waals surface area contributed by atoms with Gasteiger partial charge in [-0.3, -0.25) is 4.90 Å². The third-order valence-electron chi connectivity index (χ3n) is 2.64. The smallest absolute Gasteiger partial charge is 0.407 e. The first kappa shape index (κ1) is 11.4. The molecular formula is C11H12BrNO3. The molecule has 0 saturated carbocycles. The van der Waals surface area contributed by atoms with Crippen LogP contribution in [0.4, 0.5) is 4.79 Å². The van der Waals surface area contributed by atoms with Crippen LogP contribution < -0.4 is 0 Å². The molecule has 1 aliphatic heterocycles. The highest BCUT2D eigenvalue weighted by molar-refractivity contribution is 9.10. The molecule has 0 aromatic heterocycles. The lowest BCUT2D eigenvalue weighted by molar-refractivity contribution is -0.00112. The molecule has 16 heavy (non-hydrogen) atoms. The van der Waals surface area contributed by atoms with Gasteiger partial charge in [0.15, 0.2) is 0 Å². The molecule has 1 heterocycles. The van der Waals surface area contributed by atoms with Crippen LogP contribution in [0.2, 0.25) is 0 Å². The van der Waals surface area contributed by atoms with Gasteiger partial charge in [0.1, 0.15) is 0 Å². The summed E-state index contributed by atoms with van der Waals surface area (Å²) in [5, 5.41) is 9.12. The van der Waals surface area contributed by atoms with Gasteiger partial charge in [0.25, 0.3) is 0 Å². The number of benzene rings is 1. The van der Waals surface area contributed by atoms with Gasteiger partial charge >= 0.3 is 6.09 Å². The van der Waals surface area contributed by atoms with E-state index in [4.69, 9.17) is 9.84 Å². The third-order valence-corrected chi connectivity index (χ3v) is 3.36. The van der Waals surface area contributed by atoms with Crippen LogP contribution in [0.15, 0.2) is 28.7 Å². The van der Waals surface area contributed by atoms with Gasteiger partial charge in [-0.15, -0.1) is 0 Å². The summed E-state index contributed by atoms with van der Waals surface area (Å²) in [5.41, 5.74) is 0.949. The standard InChI is InChI=1S/C11H12BrNO3/c12-9-4-2-1-3-8(9)10-7-16-6-5-13(10)11(14)15/h1-4,10H,5-7H2,(H,14,15)/t10-/m0/s1. The average molecular weight is 286 g/mol.